The van der Waals surface area contributed by atoms with Crippen LogP contribution in [0.25, 0.3) is 0 Å². The number of methoxy groups -OCH3 is 2. The Morgan fingerprint density at radius 2 is 1.89 bits per heavy atom. The molecule has 1 saturated heterocycles. The third-order valence-electron chi connectivity index (χ3n) is 2.67. The molecule has 0 aromatic heterocycles. The van der Waals surface area contributed by atoms with Crippen molar-refractivity contribution in [2.75, 3.05) is 14.2 Å². The molecule has 1 heterocycles. The van der Waals surface area contributed by atoms with Gasteiger partial charge in [0.05, 0.1) is 13.2 Å². The van der Waals surface area contributed by atoms with Gasteiger partial charge in [-0.25, -0.2) is 4.79 Å². The molecule has 1 fully saturated rings. The highest BCUT2D eigenvalue weighted by Crippen LogP contribution is 2.22. The third kappa shape index (κ3) is 2.96. The normalized spacial score (nSPS) is 35.9. The molecule has 1 aliphatic rings. The van der Waals surface area contributed by atoms with Crippen molar-refractivity contribution in [1.82, 2.24) is 5.32 Å². The summed E-state index contributed by atoms with van der Waals surface area (Å²) in [4.78, 5) is 22.5. The molecule has 1 amide bonds. The first-order chi connectivity index (χ1) is 8.42. The average molecular weight is 263 g/mol. The second-order valence-electron chi connectivity index (χ2n) is 3.89. The number of carbonyl (C=O) groups excluding carboxylic acids is 2. The van der Waals surface area contributed by atoms with Crippen LogP contribution in [0.4, 0.5) is 0 Å². The topological polar surface area (TPSA) is 114 Å². The second-order valence-corrected chi connectivity index (χ2v) is 3.89. The lowest BCUT2D eigenvalue weighted by Gasteiger charge is -2.41. The van der Waals surface area contributed by atoms with E-state index in [4.69, 9.17) is 9.47 Å². The molecule has 0 spiro atoms. The van der Waals surface area contributed by atoms with E-state index in [0.29, 0.717) is 0 Å². The van der Waals surface area contributed by atoms with Gasteiger partial charge in [0.2, 0.25) is 5.91 Å². The smallest absolute Gasteiger partial charge is 0.337 e. The zero-order chi connectivity index (χ0) is 13.9. The van der Waals surface area contributed by atoms with Gasteiger partial charge in [-0.05, 0) is 0 Å². The summed E-state index contributed by atoms with van der Waals surface area (Å²) >= 11 is 0. The van der Waals surface area contributed by atoms with Crippen LogP contribution in [0.15, 0.2) is 0 Å². The Morgan fingerprint density at radius 1 is 1.28 bits per heavy atom. The number of amides is 1. The summed E-state index contributed by atoms with van der Waals surface area (Å²) in [6.07, 6.45) is -5.15. The molecule has 18 heavy (non-hydrogen) atoms. The van der Waals surface area contributed by atoms with Gasteiger partial charge in [-0.1, -0.05) is 0 Å². The first-order valence-corrected chi connectivity index (χ1v) is 5.31. The minimum atomic E-state index is -1.49. The summed E-state index contributed by atoms with van der Waals surface area (Å²) in [5.74, 6) is -1.26. The predicted molar refractivity (Wildman–Crippen MR) is 57.3 cm³/mol. The summed E-state index contributed by atoms with van der Waals surface area (Å²) in [6, 6.07) is -1.05. The molecule has 0 aromatic carbocycles. The Hall–Kier alpha value is -1.22. The van der Waals surface area contributed by atoms with Crippen LogP contribution in [0, 0.1) is 0 Å². The number of esters is 1. The SMILES string of the molecule is COC(=O)C1OC(O)C(OC)C(O)C1NC(C)=O. The Bertz CT molecular complexity index is 321. The number of aliphatic hydroxyl groups excluding tert-OH is 2. The number of ether oxygens (including phenoxy) is 3. The van der Waals surface area contributed by atoms with Gasteiger partial charge >= 0.3 is 5.97 Å². The number of carbonyl (C=O) groups is 2. The number of nitrogens with one attached hydrogen (secondary N) is 1. The van der Waals surface area contributed by atoms with Gasteiger partial charge in [0, 0.05) is 14.0 Å². The average Bonchev–Trinajstić information content (AvgIpc) is 2.31. The fraction of sp³-hybridized carbons (Fsp3) is 0.800. The maximum Gasteiger partial charge on any atom is 0.337 e. The van der Waals surface area contributed by atoms with E-state index in [1.54, 1.807) is 0 Å². The molecule has 0 aromatic rings. The van der Waals surface area contributed by atoms with Gasteiger partial charge in [0.1, 0.15) is 12.2 Å². The van der Waals surface area contributed by atoms with Crippen LogP contribution in [0.1, 0.15) is 6.92 Å². The zero-order valence-electron chi connectivity index (χ0n) is 10.3. The van der Waals surface area contributed by atoms with Crippen molar-refractivity contribution in [3.05, 3.63) is 0 Å². The molecule has 8 heteroatoms. The molecule has 0 bridgehead atoms. The van der Waals surface area contributed by atoms with Gasteiger partial charge < -0.3 is 29.7 Å². The maximum atomic E-state index is 11.5. The fourth-order valence-corrected chi connectivity index (χ4v) is 1.83. The Balaban J connectivity index is 2.94. The lowest BCUT2D eigenvalue weighted by molar-refractivity contribution is -0.263. The zero-order valence-corrected chi connectivity index (χ0v) is 10.3. The second kappa shape index (κ2) is 6.10. The van der Waals surface area contributed by atoms with Crippen molar-refractivity contribution in [3.63, 3.8) is 0 Å². The molecule has 3 N–H and O–H groups in total. The summed E-state index contributed by atoms with van der Waals surface area (Å²) in [7, 11) is 2.40. The molecule has 0 saturated carbocycles. The highest BCUT2D eigenvalue weighted by molar-refractivity contribution is 5.79. The monoisotopic (exact) mass is 263 g/mol. The Morgan fingerprint density at radius 3 is 2.33 bits per heavy atom. The minimum absolute atomic E-state index is 0.456. The predicted octanol–water partition coefficient (Wildman–Crippen LogP) is -2.24. The lowest BCUT2D eigenvalue weighted by atomic mass is 9.96. The van der Waals surface area contributed by atoms with Crippen LogP contribution in [-0.4, -0.2) is 67.0 Å². The van der Waals surface area contributed by atoms with Crippen LogP contribution >= 0.6 is 0 Å². The van der Waals surface area contributed by atoms with E-state index >= 15 is 0 Å². The van der Waals surface area contributed by atoms with Gasteiger partial charge in [0.25, 0.3) is 0 Å². The molecule has 5 unspecified atom stereocenters. The molecule has 1 rings (SSSR count). The van der Waals surface area contributed by atoms with Crippen molar-refractivity contribution >= 4 is 11.9 Å². The minimum Gasteiger partial charge on any atom is -0.467 e. The summed E-state index contributed by atoms with van der Waals surface area (Å²) in [5, 5.41) is 21.9. The van der Waals surface area contributed by atoms with E-state index in [1.165, 1.54) is 14.0 Å². The Kier molecular flexibility index (Phi) is 5.03. The van der Waals surface area contributed by atoms with Crippen LogP contribution < -0.4 is 5.32 Å². The molecule has 104 valence electrons. The lowest BCUT2D eigenvalue weighted by Crippen LogP contribution is -2.65. The highest BCUT2D eigenvalue weighted by atomic mass is 16.7. The molecular formula is C10H17NO7. The number of hydrogen-bond donors (Lipinski definition) is 3. The standard InChI is InChI=1S/C10H17NO7/c1-4(12)11-5-6(13)8(16-2)10(15)18-7(5)9(14)17-3/h5-8,10,13,15H,1-3H3,(H,11,12). The van der Waals surface area contributed by atoms with Gasteiger partial charge in [-0.15, -0.1) is 0 Å². The van der Waals surface area contributed by atoms with E-state index in [2.05, 4.69) is 10.1 Å². The molecular weight excluding hydrogens is 246 g/mol. The van der Waals surface area contributed by atoms with Crippen molar-refractivity contribution in [1.29, 1.82) is 0 Å². The number of rotatable bonds is 3. The third-order valence-corrected chi connectivity index (χ3v) is 2.67. The van der Waals surface area contributed by atoms with Crippen LogP contribution in [0.2, 0.25) is 0 Å². The number of aliphatic hydroxyl groups is 2. The Labute approximate surface area is 104 Å². The first kappa shape index (κ1) is 14.8. The maximum absolute atomic E-state index is 11.5. The van der Waals surface area contributed by atoms with E-state index in [1.807, 2.05) is 0 Å². The van der Waals surface area contributed by atoms with Crippen LogP contribution in [0.3, 0.4) is 0 Å². The molecule has 5 atom stereocenters. The van der Waals surface area contributed by atoms with Crippen molar-refractivity contribution in [2.24, 2.45) is 0 Å². The first-order valence-electron chi connectivity index (χ1n) is 5.31. The van der Waals surface area contributed by atoms with Gasteiger partial charge in [-0.3, -0.25) is 4.79 Å². The summed E-state index contributed by atoms with van der Waals surface area (Å²) in [6.45, 7) is 1.23. The van der Waals surface area contributed by atoms with E-state index in [0.717, 1.165) is 7.11 Å². The molecule has 1 aliphatic heterocycles. The summed E-state index contributed by atoms with van der Waals surface area (Å²) < 4.78 is 14.4. The number of hydrogen-bond acceptors (Lipinski definition) is 7. The summed E-state index contributed by atoms with van der Waals surface area (Å²) in [5.41, 5.74) is 0. The highest BCUT2D eigenvalue weighted by Gasteiger charge is 2.48. The van der Waals surface area contributed by atoms with Crippen molar-refractivity contribution < 1.29 is 34.0 Å². The van der Waals surface area contributed by atoms with E-state index in [9.17, 15) is 19.8 Å². The molecule has 0 radical (unpaired) electrons. The van der Waals surface area contributed by atoms with Crippen LogP contribution in [-0.2, 0) is 23.8 Å². The largest absolute Gasteiger partial charge is 0.467 e. The quantitative estimate of drug-likeness (QED) is 0.493. The molecule has 8 nitrogen and oxygen atoms in total. The molecule has 0 aliphatic carbocycles. The van der Waals surface area contributed by atoms with E-state index in [-0.39, 0.29) is 0 Å². The van der Waals surface area contributed by atoms with Gasteiger partial charge in [0.15, 0.2) is 12.4 Å². The van der Waals surface area contributed by atoms with Crippen LogP contribution in [0.5, 0.6) is 0 Å². The van der Waals surface area contributed by atoms with E-state index < -0.39 is 42.5 Å². The fourth-order valence-electron chi connectivity index (χ4n) is 1.83. The van der Waals surface area contributed by atoms with Crippen molar-refractivity contribution in [2.45, 2.75) is 37.6 Å². The van der Waals surface area contributed by atoms with Crippen molar-refractivity contribution in [3.8, 4) is 0 Å². The van der Waals surface area contributed by atoms with Gasteiger partial charge in [-0.2, -0.15) is 0 Å².